The summed E-state index contributed by atoms with van der Waals surface area (Å²) in [6.07, 6.45) is -4.72. The molecule has 1 aliphatic rings. The van der Waals surface area contributed by atoms with Crippen LogP contribution in [-0.2, 0) is 25.8 Å². The molecule has 0 bridgehead atoms. The van der Waals surface area contributed by atoms with Gasteiger partial charge in [0.1, 0.15) is 6.67 Å². The smallest absolute Gasteiger partial charge is 0.285 e. The Labute approximate surface area is 169 Å². The summed E-state index contributed by atoms with van der Waals surface area (Å²) in [5.74, 6) is -0.747. The molecular formula is C17H16F3N4O5S+. The Balaban J connectivity index is 1.97. The van der Waals surface area contributed by atoms with Crippen molar-refractivity contribution in [3.63, 3.8) is 0 Å². The summed E-state index contributed by atoms with van der Waals surface area (Å²) in [4.78, 5) is 29.0. The molecular weight excluding hydrogens is 429 g/mol. The third-order valence-corrected chi connectivity index (χ3v) is 5.98. The number of nitroso groups, excluding NO2 is 1. The third-order valence-electron chi connectivity index (χ3n) is 4.23. The molecule has 30 heavy (non-hydrogen) atoms. The lowest BCUT2D eigenvalue weighted by Gasteiger charge is -2.20. The number of rotatable bonds is 6. The molecule has 2 aromatic carbocycles. The minimum Gasteiger partial charge on any atom is -0.285 e. The number of nitrogens with one attached hydrogen (secondary N) is 1. The first-order valence-corrected chi connectivity index (χ1v) is 9.82. The summed E-state index contributed by atoms with van der Waals surface area (Å²) in [7, 11) is -3.26. The molecule has 13 heteroatoms. The molecule has 0 saturated carbocycles. The van der Waals surface area contributed by atoms with E-state index in [-0.39, 0.29) is 16.2 Å². The maximum absolute atomic E-state index is 13.1. The van der Waals surface area contributed by atoms with E-state index in [1.54, 1.807) is 6.07 Å². The van der Waals surface area contributed by atoms with Gasteiger partial charge in [-0.1, -0.05) is 18.2 Å². The van der Waals surface area contributed by atoms with Crippen molar-refractivity contribution in [1.82, 2.24) is 5.59 Å². The molecule has 160 valence electrons. The van der Waals surface area contributed by atoms with Crippen LogP contribution in [0.2, 0.25) is 0 Å². The van der Waals surface area contributed by atoms with E-state index in [0.717, 1.165) is 27.4 Å². The number of benzene rings is 2. The van der Waals surface area contributed by atoms with E-state index >= 15 is 0 Å². The molecule has 0 spiro atoms. The van der Waals surface area contributed by atoms with Crippen molar-refractivity contribution in [2.75, 3.05) is 29.5 Å². The Hall–Kier alpha value is -3.19. The minimum absolute atomic E-state index is 0.0976. The van der Waals surface area contributed by atoms with E-state index in [4.69, 9.17) is 0 Å². The molecule has 0 aromatic heterocycles. The summed E-state index contributed by atoms with van der Waals surface area (Å²) < 4.78 is 66.0. The standard InChI is InChI=1S/C17H16F3N4O5S/c1-29-21-24(26)10-16(25)22-11-23(15-8-3-2-7-14(15)22)30(27,28)13-6-4-5-12(9-13)17(18,19)20/h2-9H,10-11H2,1H3,(H,21,26)/q+1. The van der Waals surface area contributed by atoms with Gasteiger partial charge in [-0.2, -0.15) is 13.2 Å². The monoisotopic (exact) mass is 445 g/mol. The molecule has 0 atom stereocenters. The van der Waals surface area contributed by atoms with Gasteiger partial charge in [0.2, 0.25) is 0 Å². The second-order valence-electron chi connectivity index (χ2n) is 6.16. The van der Waals surface area contributed by atoms with Crippen LogP contribution in [0.15, 0.2) is 53.4 Å². The fourth-order valence-electron chi connectivity index (χ4n) is 2.91. The van der Waals surface area contributed by atoms with Gasteiger partial charge in [-0.25, -0.2) is 17.6 Å². The van der Waals surface area contributed by atoms with Crippen molar-refractivity contribution in [2.24, 2.45) is 0 Å². The number of para-hydroxylation sites is 2. The average molecular weight is 445 g/mol. The highest BCUT2D eigenvalue weighted by molar-refractivity contribution is 7.92. The average Bonchev–Trinajstić information content (AvgIpc) is 3.08. The zero-order chi connectivity index (χ0) is 22.1. The summed E-state index contributed by atoms with van der Waals surface area (Å²) in [5.41, 5.74) is 1.08. The second kappa shape index (κ2) is 7.91. The zero-order valence-electron chi connectivity index (χ0n) is 15.5. The van der Waals surface area contributed by atoms with Gasteiger partial charge < -0.3 is 0 Å². The summed E-state index contributed by atoms with van der Waals surface area (Å²) in [6, 6.07) is 9.29. The van der Waals surface area contributed by atoms with Crippen molar-refractivity contribution < 1.29 is 36.1 Å². The number of hydrogen-bond acceptors (Lipinski definition) is 5. The normalized spacial score (nSPS) is 13.9. The minimum atomic E-state index is -4.72. The topological polar surface area (TPSA) is 99.0 Å². The van der Waals surface area contributed by atoms with E-state index in [0.29, 0.717) is 6.07 Å². The van der Waals surface area contributed by atoms with E-state index in [1.165, 1.54) is 25.3 Å². The van der Waals surface area contributed by atoms with Crippen LogP contribution in [0.1, 0.15) is 5.56 Å². The number of fused-ring (bicyclic) bond motifs is 1. The van der Waals surface area contributed by atoms with Crippen molar-refractivity contribution in [3.05, 3.63) is 59.0 Å². The first-order valence-electron chi connectivity index (χ1n) is 8.38. The fourth-order valence-corrected chi connectivity index (χ4v) is 4.37. The van der Waals surface area contributed by atoms with Crippen LogP contribution in [0.25, 0.3) is 0 Å². The Morgan fingerprint density at radius 1 is 1.17 bits per heavy atom. The molecule has 1 heterocycles. The van der Waals surface area contributed by atoms with Gasteiger partial charge in [-0.3, -0.25) is 9.69 Å². The predicted molar refractivity (Wildman–Crippen MR) is 98.5 cm³/mol. The number of anilines is 2. The lowest BCUT2D eigenvalue weighted by Crippen LogP contribution is -2.43. The second-order valence-corrected chi connectivity index (χ2v) is 8.03. The lowest BCUT2D eigenvalue weighted by molar-refractivity contribution is -0.648. The summed E-state index contributed by atoms with van der Waals surface area (Å²) in [6.45, 7) is -1.20. The van der Waals surface area contributed by atoms with Crippen LogP contribution in [0.5, 0.6) is 0 Å². The van der Waals surface area contributed by atoms with Gasteiger partial charge in [0.05, 0.1) is 33.9 Å². The largest absolute Gasteiger partial charge is 0.416 e. The van der Waals surface area contributed by atoms with Gasteiger partial charge in [0.25, 0.3) is 10.0 Å². The lowest BCUT2D eigenvalue weighted by atomic mass is 10.2. The van der Waals surface area contributed by atoms with Crippen molar-refractivity contribution in [1.29, 1.82) is 0 Å². The van der Waals surface area contributed by atoms with E-state index < -0.39 is 45.8 Å². The first kappa shape index (κ1) is 21.5. The zero-order valence-corrected chi connectivity index (χ0v) is 16.3. The number of hydrazine groups is 1. The Morgan fingerprint density at radius 3 is 2.47 bits per heavy atom. The molecule has 1 amide bonds. The number of halogens is 3. The van der Waals surface area contributed by atoms with Crippen molar-refractivity contribution >= 4 is 27.3 Å². The van der Waals surface area contributed by atoms with Gasteiger partial charge >= 0.3 is 18.6 Å². The number of carbonyl (C=O) groups excluding carboxylic acids is 1. The Morgan fingerprint density at radius 2 is 1.83 bits per heavy atom. The highest BCUT2D eigenvalue weighted by Crippen LogP contribution is 2.40. The maximum Gasteiger partial charge on any atom is 0.416 e. The number of hydrogen-bond donors (Lipinski definition) is 1. The number of sulfonamides is 1. The van der Waals surface area contributed by atoms with Crippen LogP contribution in [0, 0.1) is 4.91 Å². The van der Waals surface area contributed by atoms with Gasteiger partial charge in [0, 0.05) is 0 Å². The molecule has 9 nitrogen and oxygen atoms in total. The van der Waals surface area contributed by atoms with Gasteiger partial charge in [0.15, 0.2) is 4.87 Å². The van der Waals surface area contributed by atoms with Crippen LogP contribution in [0.3, 0.4) is 0 Å². The quantitative estimate of drug-likeness (QED) is 0.540. The molecule has 0 radical (unpaired) electrons. The highest BCUT2D eigenvalue weighted by Gasteiger charge is 2.40. The highest BCUT2D eigenvalue weighted by atomic mass is 32.2. The molecule has 0 aliphatic carbocycles. The molecule has 0 unspecified atom stereocenters. The number of alkyl halides is 3. The fraction of sp³-hybridized carbons (Fsp3) is 0.235. The maximum atomic E-state index is 13.1. The van der Waals surface area contributed by atoms with E-state index in [2.05, 4.69) is 4.84 Å². The molecule has 2 aromatic rings. The molecule has 3 rings (SSSR count). The van der Waals surface area contributed by atoms with Crippen LogP contribution < -0.4 is 14.8 Å². The first-order chi connectivity index (χ1) is 14.1. The van der Waals surface area contributed by atoms with Crippen LogP contribution in [-0.4, -0.2) is 39.5 Å². The van der Waals surface area contributed by atoms with Crippen molar-refractivity contribution in [3.8, 4) is 0 Å². The summed E-state index contributed by atoms with van der Waals surface area (Å²) in [5, 5.41) is 0. The van der Waals surface area contributed by atoms with Gasteiger partial charge in [-0.05, 0) is 35.9 Å². The Kier molecular flexibility index (Phi) is 5.67. The predicted octanol–water partition coefficient (Wildman–Crippen LogP) is 2.05. The van der Waals surface area contributed by atoms with Crippen molar-refractivity contribution in [2.45, 2.75) is 11.1 Å². The number of nitrogens with zero attached hydrogens (tertiary/aromatic N) is 3. The molecule has 1 N–H and O–H groups in total. The molecule has 1 aliphatic heterocycles. The molecule has 0 saturated heterocycles. The Bertz CT molecular complexity index is 1090. The number of carbonyl (C=O) groups is 1. The van der Waals surface area contributed by atoms with Crippen LogP contribution in [0.4, 0.5) is 24.5 Å². The molecule has 0 fully saturated rings. The van der Waals surface area contributed by atoms with E-state index in [1.807, 2.05) is 5.59 Å². The third kappa shape index (κ3) is 4.07. The number of amides is 1. The summed E-state index contributed by atoms with van der Waals surface area (Å²) >= 11 is 0. The van der Waals surface area contributed by atoms with Gasteiger partial charge in [-0.15, -0.1) is 0 Å². The van der Waals surface area contributed by atoms with E-state index in [9.17, 15) is 31.3 Å². The SMILES string of the molecule is CON[N+](=O)CC(=O)N1CN(S(=O)(=O)c2cccc(C(F)(F)F)c2)c2ccccc21. The van der Waals surface area contributed by atoms with Crippen LogP contribution >= 0.6 is 0 Å².